The van der Waals surface area contributed by atoms with E-state index in [0.717, 1.165) is 16.7 Å². The topological polar surface area (TPSA) is 108 Å². The summed E-state index contributed by atoms with van der Waals surface area (Å²) in [5, 5.41) is 2.77. The Balaban J connectivity index is 1.20. The summed E-state index contributed by atoms with van der Waals surface area (Å²) in [5.74, 6) is 0.0144. The lowest BCUT2D eigenvalue weighted by molar-refractivity contribution is 0.143. The zero-order chi connectivity index (χ0) is 22.3. The zero-order valence-corrected chi connectivity index (χ0v) is 17.4. The standard InChI is InChI=1S/C23H23FN6O2/c24-22-28-20(25)19-21(29-22)30(15-27-19)11-4-5-12-32-23(31)26-14-16-7-6-10-18(13-16)17-8-2-1-3-9-17/h1-3,6-10,13,15H,4-5,11-12,14H2,(H,26,31)(H2,25,28,29). The summed E-state index contributed by atoms with van der Waals surface area (Å²) < 4.78 is 20.3. The van der Waals surface area contributed by atoms with E-state index in [2.05, 4.69) is 20.3 Å². The number of hydrogen-bond donors (Lipinski definition) is 2. The van der Waals surface area contributed by atoms with Crippen molar-refractivity contribution in [3.63, 3.8) is 0 Å². The minimum Gasteiger partial charge on any atom is -0.450 e. The van der Waals surface area contributed by atoms with Gasteiger partial charge in [-0.05, 0) is 35.6 Å². The lowest BCUT2D eigenvalue weighted by atomic mass is 10.0. The maximum atomic E-state index is 13.4. The fourth-order valence-corrected chi connectivity index (χ4v) is 3.37. The van der Waals surface area contributed by atoms with E-state index >= 15 is 0 Å². The van der Waals surface area contributed by atoms with Crippen molar-refractivity contribution in [2.24, 2.45) is 0 Å². The van der Waals surface area contributed by atoms with E-state index in [1.165, 1.54) is 0 Å². The fourth-order valence-electron chi connectivity index (χ4n) is 3.37. The van der Waals surface area contributed by atoms with Crippen LogP contribution in [0, 0.1) is 6.08 Å². The van der Waals surface area contributed by atoms with Gasteiger partial charge in [0.15, 0.2) is 11.5 Å². The molecule has 0 atom stereocenters. The van der Waals surface area contributed by atoms with Gasteiger partial charge >= 0.3 is 12.2 Å². The van der Waals surface area contributed by atoms with Gasteiger partial charge in [0.05, 0.1) is 12.9 Å². The molecule has 4 aromatic rings. The number of hydrogen-bond acceptors (Lipinski definition) is 6. The Hall–Kier alpha value is -4.01. The summed E-state index contributed by atoms with van der Waals surface area (Å²) in [4.78, 5) is 23.3. The number of rotatable bonds is 8. The van der Waals surface area contributed by atoms with Gasteiger partial charge in [0.2, 0.25) is 0 Å². The van der Waals surface area contributed by atoms with Crippen molar-refractivity contribution in [1.29, 1.82) is 0 Å². The quantitative estimate of drug-likeness (QED) is 0.321. The normalized spacial score (nSPS) is 10.9. The van der Waals surface area contributed by atoms with E-state index in [-0.39, 0.29) is 12.4 Å². The molecule has 0 aliphatic carbocycles. The lowest BCUT2D eigenvalue weighted by Gasteiger charge is -2.09. The van der Waals surface area contributed by atoms with Crippen LogP contribution in [-0.4, -0.2) is 32.2 Å². The van der Waals surface area contributed by atoms with Gasteiger partial charge in [-0.25, -0.2) is 9.78 Å². The van der Waals surface area contributed by atoms with Gasteiger partial charge in [-0.15, -0.1) is 0 Å². The molecular weight excluding hydrogens is 411 g/mol. The van der Waals surface area contributed by atoms with Crippen molar-refractivity contribution in [2.45, 2.75) is 25.9 Å². The van der Waals surface area contributed by atoms with Crippen molar-refractivity contribution < 1.29 is 13.9 Å². The van der Waals surface area contributed by atoms with Crippen molar-refractivity contribution in [3.8, 4) is 11.1 Å². The fraction of sp³-hybridized carbons (Fsp3) is 0.217. The molecule has 32 heavy (non-hydrogen) atoms. The van der Waals surface area contributed by atoms with Gasteiger partial charge in [-0.2, -0.15) is 14.4 Å². The van der Waals surface area contributed by atoms with Crippen LogP contribution in [0.25, 0.3) is 22.3 Å². The van der Waals surface area contributed by atoms with Gasteiger partial charge in [0.25, 0.3) is 0 Å². The number of carbonyl (C=O) groups excluding carboxylic acids is 1. The summed E-state index contributed by atoms with van der Waals surface area (Å²) in [5.41, 5.74) is 9.59. The Morgan fingerprint density at radius 2 is 1.88 bits per heavy atom. The smallest absolute Gasteiger partial charge is 0.407 e. The van der Waals surface area contributed by atoms with E-state index in [9.17, 15) is 9.18 Å². The number of amides is 1. The second-order valence-electron chi connectivity index (χ2n) is 7.25. The molecule has 0 fully saturated rings. The number of aryl methyl sites for hydroxylation is 1. The number of anilines is 1. The highest BCUT2D eigenvalue weighted by Crippen LogP contribution is 2.20. The largest absolute Gasteiger partial charge is 0.450 e. The Labute approximate surface area is 184 Å². The van der Waals surface area contributed by atoms with E-state index in [4.69, 9.17) is 10.5 Å². The van der Waals surface area contributed by atoms with E-state index < -0.39 is 12.2 Å². The monoisotopic (exact) mass is 434 g/mol. The van der Waals surface area contributed by atoms with Gasteiger partial charge in [-0.3, -0.25) is 0 Å². The SMILES string of the molecule is Nc1nc(F)nc2c1ncn2CCCCOC(=O)NCc1cccc(-c2ccccc2)c1. The average molecular weight is 434 g/mol. The predicted octanol–water partition coefficient (Wildman–Crippen LogP) is 3.92. The Kier molecular flexibility index (Phi) is 6.54. The number of aromatic nitrogens is 4. The summed E-state index contributed by atoms with van der Waals surface area (Å²) >= 11 is 0. The number of halogens is 1. The summed E-state index contributed by atoms with van der Waals surface area (Å²) in [6, 6.07) is 18.1. The van der Waals surface area contributed by atoms with Gasteiger partial charge in [0.1, 0.15) is 5.52 Å². The Morgan fingerprint density at radius 1 is 1.06 bits per heavy atom. The predicted molar refractivity (Wildman–Crippen MR) is 119 cm³/mol. The van der Waals surface area contributed by atoms with Crippen LogP contribution in [0.15, 0.2) is 60.9 Å². The van der Waals surface area contributed by atoms with Gasteiger partial charge < -0.3 is 20.4 Å². The number of ether oxygens (including phenoxy) is 1. The molecule has 0 bridgehead atoms. The number of nitrogen functional groups attached to an aromatic ring is 1. The number of nitrogens with two attached hydrogens (primary N) is 1. The summed E-state index contributed by atoms with van der Waals surface area (Å²) in [6.07, 6.45) is 1.53. The molecular formula is C23H23FN6O2. The molecule has 2 aromatic heterocycles. The van der Waals surface area contributed by atoms with Gasteiger partial charge in [-0.1, -0.05) is 48.5 Å². The molecule has 2 aromatic carbocycles. The minimum absolute atomic E-state index is 0.0144. The summed E-state index contributed by atoms with van der Waals surface area (Å²) in [7, 11) is 0. The Morgan fingerprint density at radius 3 is 2.72 bits per heavy atom. The van der Waals surface area contributed by atoms with E-state index in [1.54, 1.807) is 10.9 Å². The van der Waals surface area contributed by atoms with Crippen LogP contribution in [0.2, 0.25) is 0 Å². The number of alkyl carbamates (subject to hydrolysis) is 1. The van der Waals surface area contributed by atoms with Crippen molar-refractivity contribution in [3.05, 3.63) is 72.6 Å². The number of unbranched alkanes of at least 4 members (excludes halogenated alkanes) is 1. The van der Waals surface area contributed by atoms with E-state index in [1.807, 2.05) is 54.6 Å². The number of nitrogens with zero attached hydrogens (tertiary/aromatic N) is 4. The first-order chi connectivity index (χ1) is 15.6. The van der Waals surface area contributed by atoms with Crippen LogP contribution in [0.4, 0.5) is 15.0 Å². The molecule has 0 unspecified atom stereocenters. The number of fused-ring (bicyclic) bond motifs is 1. The molecule has 0 saturated carbocycles. The second kappa shape index (κ2) is 9.86. The van der Waals surface area contributed by atoms with Crippen LogP contribution < -0.4 is 11.1 Å². The molecule has 0 aliphatic rings. The molecule has 164 valence electrons. The van der Waals surface area contributed by atoms with Crippen molar-refractivity contribution in [2.75, 3.05) is 12.3 Å². The second-order valence-corrected chi connectivity index (χ2v) is 7.25. The molecule has 4 rings (SSSR count). The highest BCUT2D eigenvalue weighted by molar-refractivity contribution is 5.81. The number of imidazole rings is 1. The third-order valence-electron chi connectivity index (χ3n) is 4.96. The van der Waals surface area contributed by atoms with Gasteiger partial charge in [0, 0.05) is 13.1 Å². The molecule has 1 amide bonds. The first-order valence-electron chi connectivity index (χ1n) is 10.3. The Bertz CT molecular complexity index is 1210. The van der Waals surface area contributed by atoms with Crippen molar-refractivity contribution >= 4 is 23.1 Å². The first-order valence-corrected chi connectivity index (χ1v) is 10.3. The minimum atomic E-state index is -0.883. The van der Waals surface area contributed by atoms with Crippen LogP contribution in [0.3, 0.4) is 0 Å². The lowest BCUT2D eigenvalue weighted by Crippen LogP contribution is -2.24. The molecule has 0 radical (unpaired) electrons. The average Bonchev–Trinajstić information content (AvgIpc) is 3.21. The molecule has 2 heterocycles. The summed E-state index contributed by atoms with van der Waals surface area (Å²) in [6.45, 7) is 1.20. The van der Waals surface area contributed by atoms with Crippen LogP contribution >= 0.6 is 0 Å². The molecule has 8 nitrogen and oxygen atoms in total. The van der Waals surface area contributed by atoms with Crippen LogP contribution in [-0.2, 0) is 17.8 Å². The zero-order valence-electron chi connectivity index (χ0n) is 17.4. The number of benzene rings is 2. The first kappa shape index (κ1) is 21.2. The maximum Gasteiger partial charge on any atom is 0.407 e. The maximum absolute atomic E-state index is 13.4. The number of carbonyl (C=O) groups is 1. The van der Waals surface area contributed by atoms with Crippen LogP contribution in [0.5, 0.6) is 0 Å². The van der Waals surface area contributed by atoms with Crippen molar-refractivity contribution in [1.82, 2.24) is 24.8 Å². The number of nitrogens with one attached hydrogen (secondary N) is 1. The van der Waals surface area contributed by atoms with Crippen LogP contribution in [0.1, 0.15) is 18.4 Å². The molecule has 0 spiro atoms. The molecule has 3 N–H and O–H groups in total. The third kappa shape index (κ3) is 5.18. The highest BCUT2D eigenvalue weighted by Gasteiger charge is 2.11. The molecule has 0 aliphatic heterocycles. The third-order valence-corrected chi connectivity index (χ3v) is 4.96. The van der Waals surface area contributed by atoms with E-state index in [0.29, 0.717) is 37.1 Å². The molecule has 9 heteroatoms. The molecule has 0 saturated heterocycles. The highest BCUT2D eigenvalue weighted by atomic mass is 19.1.